The number of amides is 1. The normalized spacial score (nSPS) is 11.6. The quantitative estimate of drug-likeness (QED) is 0.659. The predicted molar refractivity (Wildman–Crippen MR) is 102 cm³/mol. The Morgan fingerprint density at radius 1 is 1.31 bits per heavy atom. The van der Waals surface area contributed by atoms with Crippen molar-refractivity contribution in [3.05, 3.63) is 59.2 Å². The van der Waals surface area contributed by atoms with Crippen molar-refractivity contribution >= 4 is 28.2 Å². The van der Waals surface area contributed by atoms with Crippen molar-refractivity contribution in [3.8, 4) is 5.75 Å². The zero-order valence-corrected chi connectivity index (χ0v) is 15.3. The Bertz CT molecular complexity index is 852. The van der Waals surface area contributed by atoms with Crippen LogP contribution in [-0.2, 0) is 0 Å². The van der Waals surface area contributed by atoms with Crippen LogP contribution < -0.4 is 15.4 Å². The Hall–Kier alpha value is -3.00. The average molecular weight is 369 g/mol. The van der Waals surface area contributed by atoms with E-state index in [-0.39, 0.29) is 11.9 Å². The molecule has 0 radical (unpaired) electrons. The molecule has 2 heterocycles. The van der Waals surface area contributed by atoms with Crippen LogP contribution in [0.3, 0.4) is 0 Å². The lowest BCUT2D eigenvalue weighted by Crippen LogP contribution is -2.13. The van der Waals surface area contributed by atoms with Crippen molar-refractivity contribution in [1.29, 1.82) is 0 Å². The van der Waals surface area contributed by atoms with E-state index in [9.17, 15) is 4.79 Å². The Morgan fingerprint density at radius 2 is 2.19 bits per heavy atom. The number of benzene rings is 1. The first kappa shape index (κ1) is 17.8. The third kappa shape index (κ3) is 4.54. The molecule has 7 nitrogen and oxygen atoms in total. The summed E-state index contributed by atoms with van der Waals surface area (Å²) in [5.74, 6) is 1.26. The molecule has 26 heavy (non-hydrogen) atoms. The van der Waals surface area contributed by atoms with Gasteiger partial charge in [-0.05, 0) is 43.7 Å². The van der Waals surface area contributed by atoms with Gasteiger partial charge in [0.15, 0.2) is 0 Å². The summed E-state index contributed by atoms with van der Waals surface area (Å²) >= 11 is 1.26. The molecule has 134 valence electrons. The van der Waals surface area contributed by atoms with Gasteiger partial charge in [0.05, 0.1) is 18.2 Å². The summed E-state index contributed by atoms with van der Waals surface area (Å²) in [6, 6.07) is 11.5. The van der Waals surface area contributed by atoms with Crippen molar-refractivity contribution in [2.75, 3.05) is 17.2 Å². The van der Waals surface area contributed by atoms with Crippen LogP contribution in [0.1, 0.15) is 35.8 Å². The fourth-order valence-corrected chi connectivity index (χ4v) is 2.80. The van der Waals surface area contributed by atoms with Gasteiger partial charge >= 0.3 is 0 Å². The van der Waals surface area contributed by atoms with Gasteiger partial charge in [-0.2, -0.15) is 0 Å². The molecule has 0 fully saturated rings. The van der Waals surface area contributed by atoms with Gasteiger partial charge in [-0.1, -0.05) is 23.5 Å². The van der Waals surface area contributed by atoms with Crippen LogP contribution in [0.2, 0.25) is 0 Å². The van der Waals surface area contributed by atoms with Crippen molar-refractivity contribution in [1.82, 2.24) is 15.2 Å². The lowest BCUT2D eigenvalue weighted by molar-refractivity contribution is 0.102. The fraction of sp³-hybridized carbons (Fsp3) is 0.222. The monoisotopic (exact) mass is 369 g/mol. The molecule has 3 aromatic rings. The van der Waals surface area contributed by atoms with Crippen LogP contribution in [0.25, 0.3) is 0 Å². The van der Waals surface area contributed by atoms with Crippen molar-refractivity contribution in [2.24, 2.45) is 0 Å². The number of pyridine rings is 1. The molecule has 0 aliphatic carbocycles. The highest BCUT2D eigenvalue weighted by atomic mass is 32.1. The molecule has 0 aliphatic rings. The fourth-order valence-electron chi connectivity index (χ4n) is 2.36. The van der Waals surface area contributed by atoms with E-state index in [1.807, 2.05) is 38.1 Å². The summed E-state index contributed by atoms with van der Waals surface area (Å²) in [5.41, 5.74) is 3.11. The van der Waals surface area contributed by atoms with E-state index < -0.39 is 0 Å². The van der Waals surface area contributed by atoms with Gasteiger partial charge in [-0.15, -0.1) is 10.2 Å². The van der Waals surface area contributed by atoms with E-state index in [1.165, 1.54) is 17.5 Å². The number of anilines is 2. The lowest BCUT2D eigenvalue weighted by atomic mass is 10.1. The molecule has 1 aromatic carbocycles. The van der Waals surface area contributed by atoms with Gasteiger partial charge in [0, 0.05) is 6.20 Å². The molecule has 0 spiro atoms. The zero-order chi connectivity index (χ0) is 18.4. The summed E-state index contributed by atoms with van der Waals surface area (Å²) in [7, 11) is 0. The van der Waals surface area contributed by atoms with E-state index in [2.05, 4.69) is 25.8 Å². The van der Waals surface area contributed by atoms with E-state index in [0.29, 0.717) is 23.1 Å². The minimum Gasteiger partial charge on any atom is -0.494 e. The largest absolute Gasteiger partial charge is 0.494 e. The molecule has 2 aromatic heterocycles. The Kier molecular flexibility index (Phi) is 5.75. The lowest BCUT2D eigenvalue weighted by Gasteiger charge is -2.16. The Labute approximate surface area is 155 Å². The summed E-state index contributed by atoms with van der Waals surface area (Å²) in [6.45, 7) is 4.64. The van der Waals surface area contributed by atoms with E-state index in [4.69, 9.17) is 4.74 Å². The number of hydrogen-bond acceptors (Lipinski definition) is 7. The predicted octanol–water partition coefficient (Wildman–Crippen LogP) is 3.76. The van der Waals surface area contributed by atoms with Gasteiger partial charge in [-0.3, -0.25) is 10.1 Å². The van der Waals surface area contributed by atoms with E-state index >= 15 is 0 Å². The first-order valence-corrected chi connectivity index (χ1v) is 9.06. The van der Waals surface area contributed by atoms with Crippen LogP contribution in [-0.4, -0.2) is 27.7 Å². The Morgan fingerprint density at radius 3 is 2.88 bits per heavy atom. The standard InChI is InChI=1S/C18H19N5O2S/c1-3-25-15-6-4-5-13(9-15)12(2)21-16-8-7-14(10-19-16)17(24)22-18-23-20-11-26-18/h4-12H,3H2,1-2H3,(H,19,21)(H,22,23,24). The topological polar surface area (TPSA) is 89.0 Å². The maximum Gasteiger partial charge on any atom is 0.259 e. The third-order valence-electron chi connectivity index (χ3n) is 3.64. The maximum atomic E-state index is 12.1. The second kappa shape index (κ2) is 8.39. The molecular formula is C18H19N5O2S. The smallest absolute Gasteiger partial charge is 0.259 e. The molecule has 8 heteroatoms. The van der Waals surface area contributed by atoms with Crippen molar-refractivity contribution < 1.29 is 9.53 Å². The number of hydrogen-bond donors (Lipinski definition) is 2. The first-order valence-electron chi connectivity index (χ1n) is 8.18. The highest BCUT2D eigenvalue weighted by molar-refractivity contribution is 7.13. The number of ether oxygens (including phenoxy) is 1. The number of carbonyl (C=O) groups is 1. The van der Waals surface area contributed by atoms with Gasteiger partial charge in [0.25, 0.3) is 5.91 Å². The molecule has 0 saturated heterocycles. The first-order chi connectivity index (χ1) is 12.7. The summed E-state index contributed by atoms with van der Waals surface area (Å²) in [4.78, 5) is 16.4. The second-order valence-electron chi connectivity index (χ2n) is 5.50. The van der Waals surface area contributed by atoms with Crippen LogP contribution in [0.15, 0.2) is 48.1 Å². The number of nitrogens with one attached hydrogen (secondary N) is 2. The average Bonchev–Trinajstić information content (AvgIpc) is 3.16. The molecular weight excluding hydrogens is 350 g/mol. The van der Waals surface area contributed by atoms with Crippen molar-refractivity contribution in [2.45, 2.75) is 19.9 Å². The van der Waals surface area contributed by atoms with Gasteiger partial charge in [0.2, 0.25) is 5.13 Å². The second-order valence-corrected chi connectivity index (χ2v) is 6.33. The zero-order valence-electron chi connectivity index (χ0n) is 14.5. The van der Waals surface area contributed by atoms with Gasteiger partial charge in [-0.25, -0.2) is 4.98 Å². The maximum absolute atomic E-state index is 12.1. The van der Waals surface area contributed by atoms with Crippen LogP contribution in [0.5, 0.6) is 5.75 Å². The van der Waals surface area contributed by atoms with Crippen molar-refractivity contribution in [3.63, 3.8) is 0 Å². The molecule has 3 rings (SSSR count). The number of nitrogens with zero attached hydrogens (tertiary/aromatic N) is 3. The minimum absolute atomic E-state index is 0.0453. The highest BCUT2D eigenvalue weighted by Gasteiger charge is 2.10. The molecule has 1 amide bonds. The van der Waals surface area contributed by atoms with E-state index in [0.717, 1.165) is 11.3 Å². The third-order valence-corrected chi connectivity index (χ3v) is 4.25. The summed E-state index contributed by atoms with van der Waals surface area (Å²) < 4.78 is 5.54. The van der Waals surface area contributed by atoms with Crippen LogP contribution in [0, 0.1) is 0 Å². The molecule has 0 bridgehead atoms. The molecule has 0 aliphatic heterocycles. The number of carbonyl (C=O) groups excluding carboxylic acids is 1. The molecule has 2 N–H and O–H groups in total. The van der Waals surface area contributed by atoms with Crippen LogP contribution in [0.4, 0.5) is 10.9 Å². The molecule has 1 unspecified atom stereocenters. The van der Waals surface area contributed by atoms with Gasteiger partial charge in [0.1, 0.15) is 17.1 Å². The van der Waals surface area contributed by atoms with Gasteiger partial charge < -0.3 is 10.1 Å². The minimum atomic E-state index is -0.265. The Balaban J connectivity index is 1.63. The van der Waals surface area contributed by atoms with Crippen LogP contribution >= 0.6 is 11.3 Å². The number of rotatable bonds is 7. The number of aromatic nitrogens is 3. The van der Waals surface area contributed by atoms with E-state index in [1.54, 1.807) is 17.6 Å². The highest BCUT2D eigenvalue weighted by Crippen LogP contribution is 2.22. The molecule has 0 saturated carbocycles. The summed E-state index contributed by atoms with van der Waals surface area (Å²) in [6.07, 6.45) is 1.53. The molecule has 1 atom stereocenters. The summed E-state index contributed by atoms with van der Waals surface area (Å²) in [5, 5.41) is 13.9. The SMILES string of the molecule is CCOc1cccc(C(C)Nc2ccc(C(=O)Nc3nncs3)cn2)c1.